The third-order valence-electron chi connectivity index (χ3n) is 2.41. The molecule has 0 saturated carbocycles. The van der Waals surface area contributed by atoms with Crippen LogP contribution in [-0.2, 0) is 15.1 Å². The van der Waals surface area contributed by atoms with Gasteiger partial charge in [0.15, 0.2) is 5.60 Å². The Morgan fingerprint density at radius 2 is 1.80 bits per heavy atom. The molecule has 78 valence electrons. The molecule has 0 bridgehead atoms. The van der Waals surface area contributed by atoms with Crippen LogP contribution in [0.4, 0.5) is 0 Å². The number of halogens is 2. The topological polar surface area (TPSA) is 26.3 Å². The SMILES string of the molecule is CC1(c2cc(Cl)cc(Cl)c2)OC=CC1=O. The number of carbonyl (C=O) groups excluding carboxylic acids is 1. The summed E-state index contributed by atoms with van der Waals surface area (Å²) in [5, 5.41) is 0.976. The maximum Gasteiger partial charge on any atom is 0.206 e. The molecule has 4 heteroatoms. The fourth-order valence-corrected chi connectivity index (χ4v) is 2.01. The van der Waals surface area contributed by atoms with Crippen LogP contribution < -0.4 is 0 Å². The lowest BCUT2D eigenvalue weighted by molar-refractivity contribution is -0.128. The van der Waals surface area contributed by atoms with Crippen molar-refractivity contribution in [3.05, 3.63) is 46.1 Å². The van der Waals surface area contributed by atoms with Gasteiger partial charge >= 0.3 is 0 Å². The van der Waals surface area contributed by atoms with Crippen LogP contribution in [0, 0.1) is 0 Å². The van der Waals surface area contributed by atoms with Gasteiger partial charge < -0.3 is 4.74 Å². The van der Waals surface area contributed by atoms with Gasteiger partial charge in [-0.2, -0.15) is 0 Å². The molecular weight excluding hydrogens is 235 g/mol. The van der Waals surface area contributed by atoms with Gasteiger partial charge in [0.25, 0.3) is 0 Å². The monoisotopic (exact) mass is 242 g/mol. The van der Waals surface area contributed by atoms with E-state index in [0.29, 0.717) is 15.6 Å². The molecule has 0 saturated heterocycles. The van der Waals surface area contributed by atoms with Crippen molar-refractivity contribution in [3.8, 4) is 0 Å². The highest BCUT2D eigenvalue weighted by molar-refractivity contribution is 6.34. The zero-order chi connectivity index (χ0) is 11.1. The first kappa shape index (κ1) is 10.5. The summed E-state index contributed by atoms with van der Waals surface area (Å²) in [6, 6.07) is 4.97. The lowest BCUT2D eigenvalue weighted by Gasteiger charge is -2.22. The summed E-state index contributed by atoms with van der Waals surface area (Å²) >= 11 is 11.7. The number of rotatable bonds is 1. The molecule has 2 rings (SSSR count). The van der Waals surface area contributed by atoms with E-state index >= 15 is 0 Å². The van der Waals surface area contributed by atoms with E-state index in [1.165, 1.54) is 12.3 Å². The highest BCUT2D eigenvalue weighted by Gasteiger charge is 2.38. The van der Waals surface area contributed by atoms with Crippen LogP contribution in [0.15, 0.2) is 30.5 Å². The Bertz CT molecular complexity index is 434. The summed E-state index contributed by atoms with van der Waals surface area (Å²) in [6.07, 6.45) is 2.78. The number of ether oxygens (including phenoxy) is 1. The van der Waals surface area contributed by atoms with E-state index in [4.69, 9.17) is 27.9 Å². The number of hydrogen-bond donors (Lipinski definition) is 0. The first-order valence-electron chi connectivity index (χ1n) is 4.38. The predicted molar refractivity (Wildman–Crippen MR) is 59.0 cm³/mol. The second kappa shape index (κ2) is 3.54. The summed E-state index contributed by atoms with van der Waals surface area (Å²) in [4.78, 5) is 11.6. The number of hydrogen-bond acceptors (Lipinski definition) is 2. The molecule has 1 aliphatic rings. The van der Waals surface area contributed by atoms with Crippen molar-refractivity contribution in [1.82, 2.24) is 0 Å². The summed E-state index contributed by atoms with van der Waals surface area (Å²) in [5.74, 6) is -0.110. The second-order valence-corrected chi connectivity index (χ2v) is 4.35. The van der Waals surface area contributed by atoms with E-state index < -0.39 is 5.60 Å². The molecule has 0 amide bonds. The van der Waals surface area contributed by atoms with Gasteiger partial charge in [-0.05, 0) is 25.1 Å². The molecule has 1 unspecified atom stereocenters. The third-order valence-corrected chi connectivity index (χ3v) is 2.84. The van der Waals surface area contributed by atoms with Crippen molar-refractivity contribution in [2.45, 2.75) is 12.5 Å². The van der Waals surface area contributed by atoms with Crippen LogP contribution in [-0.4, -0.2) is 5.78 Å². The summed E-state index contributed by atoms with van der Waals surface area (Å²) < 4.78 is 5.30. The van der Waals surface area contributed by atoms with E-state index in [2.05, 4.69) is 0 Å². The molecular formula is C11H8Cl2O2. The van der Waals surface area contributed by atoms with Crippen molar-refractivity contribution in [1.29, 1.82) is 0 Å². The molecule has 0 fully saturated rings. The van der Waals surface area contributed by atoms with Crippen LogP contribution in [0.3, 0.4) is 0 Å². The lowest BCUT2D eigenvalue weighted by Crippen LogP contribution is -2.29. The molecule has 1 heterocycles. The highest BCUT2D eigenvalue weighted by atomic mass is 35.5. The first-order valence-corrected chi connectivity index (χ1v) is 5.13. The van der Waals surface area contributed by atoms with Gasteiger partial charge in [-0.1, -0.05) is 23.2 Å². The smallest absolute Gasteiger partial charge is 0.206 e. The average Bonchev–Trinajstić information content (AvgIpc) is 2.47. The van der Waals surface area contributed by atoms with Crippen LogP contribution >= 0.6 is 23.2 Å². The summed E-state index contributed by atoms with van der Waals surface area (Å²) in [6.45, 7) is 1.69. The number of carbonyl (C=O) groups is 1. The van der Waals surface area contributed by atoms with Crippen LogP contribution in [0.2, 0.25) is 10.0 Å². The molecule has 1 aromatic carbocycles. The van der Waals surface area contributed by atoms with E-state index in [1.54, 1.807) is 25.1 Å². The molecule has 15 heavy (non-hydrogen) atoms. The number of benzene rings is 1. The van der Waals surface area contributed by atoms with E-state index in [9.17, 15) is 4.79 Å². The van der Waals surface area contributed by atoms with Gasteiger partial charge in [0.1, 0.15) is 0 Å². The van der Waals surface area contributed by atoms with Gasteiger partial charge in [-0.3, -0.25) is 4.79 Å². The zero-order valence-corrected chi connectivity index (χ0v) is 9.47. The maximum atomic E-state index is 11.6. The zero-order valence-electron chi connectivity index (χ0n) is 7.96. The molecule has 0 aliphatic carbocycles. The van der Waals surface area contributed by atoms with Crippen LogP contribution in [0.1, 0.15) is 12.5 Å². The highest BCUT2D eigenvalue weighted by Crippen LogP contribution is 2.34. The first-order chi connectivity index (χ1) is 7.02. The molecule has 0 N–H and O–H groups in total. The minimum Gasteiger partial charge on any atom is -0.482 e. The fourth-order valence-electron chi connectivity index (χ4n) is 1.49. The van der Waals surface area contributed by atoms with Gasteiger partial charge in [0.2, 0.25) is 5.78 Å². The molecule has 1 aliphatic heterocycles. The second-order valence-electron chi connectivity index (χ2n) is 3.48. The molecule has 2 nitrogen and oxygen atoms in total. The van der Waals surface area contributed by atoms with Crippen molar-refractivity contribution in [2.75, 3.05) is 0 Å². The largest absolute Gasteiger partial charge is 0.482 e. The Morgan fingerprint density at radius 1 is 1.20 bits per heavy atom. The molecule has 1 aromatic rings. The molecule has 1 atom stereocenters. The van der Waals surface area contributed by atoms with Crippen molar-refractivity contribution in [3.63, 3.8) is 0 Å². The maximum absolute atomic E-state index is 11.6. The molecule has 0 radical (unpaired) electrons. The normalized spacial score (nSPS) is 24.3. The Hall–Kier alpha value is -0.990. The summed E-state index contributed by atoms with van der Waals surface area (Å²) in [5.41, 5.74) is -0.329. The minimum absolute atomic E-state index is 0.110. The Labute approximate surface area is 97.4 Å². The minimum atomic E-state index is -0.992. The Kier molecular flexibility index (Phi) is 2.49. The third kappa shape index (κ3) is 1.75. The predicted octanol–water partition coefficient (Wildman–Crippen LogP) is 3.32. The standard InChI is InChI=1S/C11H8Cl2O2/c1-11(10(14)2-3-15-11)7-4-8(12)6-9(13)5-7/h2-6H,1H3. The molecule has 0 spiro atoms. The van der Waals surface area contributed by atoms with Crippen molar-refractivity contribution >= 4 is 29.0 Å². The van der Waals surface area contributed by atoms with E-state index in [-0.39, 0.29) is 5.78 Å². The van der Waals surface area contributed by atoms with Gasteiger partial charge in [0, 0.05) is 21.7 Å². The van der Waals surface area contributed by atoms with Crippen LogP contribution in [0.5, 0.6) is 0 Å². The van der Waals surface area contributed by atoms with E-state index in [1.807, 2.05) is 0 Å². The fraction of sp³-hybridized carbons (Fsp3) is 0.182. The molecule has 0 aromatic heterocycles. The van der Waals surface area contributed by atoms with Gasteiger partial charge in [-0.15, -0.1) is 0 Å². The lowest BCUT2D eigenvalue weighted by atomic mass is 9.92. The van der Waals surface area contributed by atoms with Crippen molar-refractivity contribution < 1.29 is 9.53 Å². The van der Waals surface area contributed by atoms with Crippen molar-refractivity contribution in [2.24, 2.45) is 0 Å². The average molecular weight is 243 g/mol. The van der Waals surface area contributed by atoms with Gasteiger partial charge in [0.05, 0.1) is 6.26 Å². The summed E-state index contributed by atoms with van der Waals surface area (Å²) in [7, 11) is 0. The van der Waals surface area contributed by atoms with Gasteiger partial charge in [-0.25, -0.2) is 0 Å². The number of ketones is 1. The van der Waals surface area contributed by atoms with E-state index in [0.717, 1.165) is 0 Å². The Balaban J connectivity index is 2.50. The quantitative estimate of drug-likeness (QED) is 0.756. The van der Waals surface area contributed by atoms with Crippen LogP contribution in [0.25, 0.3) is 0 Å². The Morgan fingerprint density at radius 3 is 2.27 bits per heavy atom.